The minimum Gasteiger partial charge on any atom is -0.381 e. The van der Waals surface area contributed by atoms with Gasteiger partial charge in [0.25, 0.3) is 5.91 Å². The fraction of sp³-hybridized carbons (Fsp3) is 0. The quantitative estimate of drug-likeness (QED) is 0.582. The Kier molecular flexibility index (Phi) is 4.00. The number of halogens is 2. The molecular weight excluding hydrogens is 352 g/mol. The van der Waals surface area contributed by atoms with Crippen LogP contribution in [0.1, 0.15) is 10.4 Å². The SMILES string of the molecule is Nc1nccn2c(-c3cccc(NC(=O)c4cc(F)cc(F)c4)c3)cnc12. The molecule has 0 unspecified atom stereocenters. The second-order valence-corrected chi connectivity index (χ2v) is 5.84. The molecule has 134 valence electrons. The van der Waals surface area contributed by atoms with E-state index in [9.17, 15) is 13.6 Å². The van der Waals surface area contributed by atoms with Crippen molar-refractivity contribution < 1.29 is 13.6 Å². The standard InChI is InChI=1S/C19H13F2N5O/c20-13-6-12(7-14(21)9-13)19(27)25-15-3-1-2-11(8-15)16-10-24-18-17(22)23-4-5-26(16)18/h1-10H,(H2,22,23)(H,25,27). The summed E-state index contributed by atoms with van der Waals surface area (Å²) in [4.78, 5) is 20.5. The van der Waals surface area contributed by atoms with Crippen molar-refractivity contribution in [1.82, 2.24) is 14.4 Å². The molecule has 0 saturated heterocycles. The average Bonchev–Trinajstić information content (AvgIpc) is 3.06. The molecule has 27 heavy (non-hydrogen) atoms. The maximum absolute atomic E-state index is 13.3. The third kappa shape index (κ3) is 3.20. The number of anilines is 2. The Morgan fingerprint density at radius 2 is 1.85 bits per heavy atom. The molecule has 0 atom stereocenters. The highest BCUT2D eigenvalue weighted by atomic mass is 19.1. The summed E-state index contributed by atoms with van der Waals surface area (Å²) in [5, 5.41) is 2.64. The van der Waals surface area contributed by atoms with Crippen molar-refractivity contribution in [2.75, 3.05) is 11.1 Å². The van der Waals surface area contributed by atoms with Crippen LogP contribution in [-0.2, 0) is 0 Å². The summed E-state index contributed by atoms with van der Waals surface area (Å²) < 4.78 is 28.4. The van der Waals surface area contributed by atoms with Gasteiger partial charge in [-0.25, -0.2) is 18.7 Å². The van der Waals surface area contributed by atoms with Gasteiger partial charge >= 0.3 is 0 Å². The van der Waals surface area contributed by atoms with Crippen LogP contribution in [0.2, 0.25) is 0 Å². The smallest absolute Gasteiger partial charge is 0.255 e. The molecule has 2 aromatic carbocycles. The number of hydrogen-bond acceptors (Lipinski definition) is 4. The van der Waals surface area contributed by atoms with Crippen molar-refractivity contribution in [2.24, 2.45) is 0 Å². The van der Waals surface area contributed by atoms with Gasteiger partial charge in [0.2, 0.25) is 0 Å². The zero-order chi connectivity index (χ0) is 19.0. The molecule has 4 rings (SSSR count). The molecule has 1 amide bonds. The van der Waals surface area contributed by atoms with Gasteiger partial charge in [-0.05, 0) is 24.3 Å². The number of hydrogen-bond donors (Lipinski definition) is 2. The first-order valence-corrected chi connectivity index (χ1v) is 7.97. The lowest BCUT2D eigenvalue weighted by Gasteiger charge is -2.08. The van der Waals surface area contributed by atoms with Crippen LogP contribution in [-0.4, -0.2) is 20.3 Å². The summed E-state index contributed by atoms with van der Waals surface area (Å²) in [5.74, 6) is -1.94. The van der Waals surface area contributed by atoms with Crippen LogP contribution in [0.3, 0.4) is 0 Å². The molecule has 0 radical (unpaired) electrons. The highest BCUT2D eigenvalue weighted by Gasteiger charge is 2.12. The number of fused-ring (bicyclic) bond motifs is 1. The number of nitrogens with zero attached hydrogens (tertiary/aromatic N) is 3. The molecule has 0 saturated carbocycles. The van der Waals surface area contributed by atoms with Gasteiger partial charge in [-0.2, -0.15) is 0 Å². The van der Waals surface area contributed by atoms with E-state index in [1.807, 2.05) is 6.07 Å². The fourth-order valence-corrected chi connectivity index (χ4v) is 2.80. The van der Waals surface area contributed by atoms with E-state index >= 15 is 0 Å². The van der Waals surface area contributed by atoms with Crippen molar-refractivity contribution in [3.05, 3.63) is 78.3 Å². The molecule has 0 bridgehead atoms. The lowest BCUT2D eigenvalue weighted by atomic mass is 10.1. The van der Waals surface area contributed by atoms with Gasteiger partial charge in [-0.15, -0.1) is 0 Å². The van der Waals surface area contributed by atoms with Crippen LogP contribution in [0.5, 0.6) is 0 Å². The van der Waals surface area contributed by atoms with Crippen molar-refractivity contribution in [3.63, 3.8) is 0 Å². The minimum atomic E-state index is -0.814. The Morgan fingerprint density at radius 3 is 2.63 bits per heavy atom. The van der Waals surface area contributed by atoms with E-state index in [1.54, 1.807) is 41.2 Å². The second kappa shape index (κ2) is 6.49. The lowest BCUT2D eigenvalue weighted by Crippen LogP contribution is -2.12. The topological polar surface area (TPSA) is 85.3 Å². The number of nitrogens with one attached hydrogen (secondary N) is 1. The van der Waals surface area contributed by atoms with Crippen LogP contribution in [0, 0.1) is 11.6 Å². The van der Waals surface area contributed by atoms with Crippen LogP contribution >= 0.6 is 0 Å². The molecule has 2 aromatic heterocycles. The molecule has 4 aromatic rings. The number of amides is 1. The third-order valence-electron chi connectivity index (χ3n) is 4.00. The number of aromatic nitrogens is 3. The number of carbonyl (C=O) groups is 1. The molecule has 0 aliphatic carbocycles. The first-order chi connectivity index (χ1) is 13.0. The zero-order valence-corrected chi connectivity index (χ0v) is 13.9. The predicted octanol–water partition coefficient (Wildman–Crippen LogP) is 3.51. The molecule has 0 aliphatic heterocycles. The van der Waals surface area contributed by atoms with Gasteiger partial charge in [0.15, 0.2) is 11.5 Å². The van der Waals surface area contributed by atoms with E-state index in [0.29, 0.717) is 23.2 Å². The van der Waals surface area contributed by atoms with Gasteiger partial charge in [-0.3, -0.25) is 9.20 Å². The van der Waals surface area contributed by atoms with Gasteiger partial charge in [-0.1, -0.05) is 12.1 Å². The first kappa shape index (κ1) is 16.6. The Labute approximate surface area is 152 Å². The molecule has 2 heterocycles. The minimum absolute atomic E-state index is 0.105. The summed E-state index contributed by atoms with van der Waals surface area (Å²) >= 11 is 0. The van der Waals surface area contributed by atoms with E-state index < -0.39 is 17.5 Å². The molecular formula is C19H13F2N5O. The van der Waals surface area contributed by atoms with E-state index in [2.05, 4.69) is 15.3 Å². The van der Waals surface area contributed by atoms with Crippen molar-refractivity contribution in [3.8, 4) is 11.3 Å². The van der Waals surface area contributed by atoms with Gasteiger partial charge in [0.1, 0.15) is 11.6 Å². The summed E-state index contributed by atoms with van der Waals surface area (Å²) in [6.07, 6.45) is 4.95. The van der Waals surface area contributed by atoms with E-state index in [1.165, 1.54) is 0 Å². The van der Waals surface area contributed by atoms with Crippen molar-refractivity contribution in [1.29, 1.82) is 0 Å². The van der Waals surface area contributed by atoms with E-state index in [0.717, 1.165) is 23.4 Å². The van der Waals surface area contributed by atoms with E-state index in [-0.39, 0.29) is 5.56 Å². The summed E-state index contributed by atoms with van der Waals surface area (Å²) in [5.41, 5.74) is 8.24. The highest BCUT2D eigenvalue weighted by molar-refractivity contribution is 6.04. The van der Waals surface area contributed by atoms with Crippen molar-refractivity contribution in [2.45, 2.75) is 0 Å². The maximum atomic E-state index is 13.3. The molecule has 0 fully saturated rings. The highest BCUT2D eigenvalue weighted by Crippen LogP contribution is 2.25. The molecule has 0 aliphatic rings. The molecule has 6 nitrogen and oxygen atoms in total. The maximum Gasteiger partial charge on any atom is 0.255 e. The number of nitrogens with two attached hydrogens (primary N) is 1. The Bertz CT molecular complexity index is 1150. The Balaban J connectivity index is 1.66. The number of carbonyl (C=O) groups excluding carboxylic acids is 1. The normalized spacial score (nSPS) is 10.9. The lowest BCUT2D eigenvalue weighted by molar-refractivity contribution is 0.102. The molecule has 3 N–H and O–H groups in total. The average molecular weight is 365 g/mol. The van der Waals surface area contributed by atoms with Crippen molar-refractivity contribution >= 4 is 23.1 Å². The Hall–Kier alpha value is -3.81. The monoisotopic (exact) mass is 365 g/mol. The largest absolute Gasteiger partial charge is 0.381 e. The number of nitrogen functional groups attached to an aromatic ring is 1. The fourth-order valence-electron chi connectivity index (χ4n) is 2.80. The summed E-state index contributed by atoms with van der Waals surface area (Å²) in [6, 6.07) is 9.66. The third-order valence-corrected chi connectivity index (χ3v) is 4.00. The van der Waals surface area contributed by atoms with Crippen LogP contribution in [0.15, 0.2) is 61.1 Å². The predicted molar refractivity (Wildman–Crippen MR) is 97.1 cm³/mol. The molecule has 0 spiro atoms. The number of rotatable bonds is 3. The van der Waals surface area contributed by atoms with Crippen LogP contribution in [0.25, 0.3) is 16.9 Å². The van der Waals surface area contributed by atoms with Crippen LogP contribution < -0.4 is 11.1 Å². The van der Waals surface area contributed by atoms with Gasteiger partial charge in [0.05, 0.1) is 11.9 Å². The zero-order valence-electron chi connectivity index (χ0n) is 13.9. The van der Waals surface area contributed by atoms with Gasteiger partial charge in [0, 0.05) is 35.3 Å². The van der Waals surface area contributed by atoms with Crippen LogP contribution in [0.4, 0.5) is 20.3 Å². The summed E-state index contributed by atoms with van der Waals surface area (Å²) in [6.45, 7) is 0. The number of imidazole rings is 1. The summed E-state index contributed by atoms with van der Waals surface area (Å²) in [7, 11) is 0. The first-order valence-electron chi connectivity index (χ1n) is 7.97. The van der Waals surface area contributed by atoms with E-state index in [4.69, 9.17) is 5.73 Å². The second-order valence-electron chi connectivity index (χ2n) is 5.84. The Morgan fingerprint density at radius 1 is 1.07 bits per heavy atom. The number of benzene rings is 2. The van der Waals surface area contributed by atoms with Gasteiger partial charge < -0.3 is 11.1 Å². The molecule has 8 heteroatoms.